The van der Waals surface area contributed by atoms with Gasteiger partial charge >= 0.3 is 0 Å². The lowest BCUT2D eigenvalue weighted by molar-refractivity contribution is 0.373. The van der Waals surface area contributed by atoms with Crippen molar-refractivity contribution in [2.75, 3.05) is 5.32 Å². The third kappa shape index (κ3) is 2.60. The van der Waals surface area contributed by atoms with E-state index in [0.29, 0.717) is 12.0 Å². The molecule has 1 aliphatic rings. The Kier molecular flexibility index (Phi) is 3.20. The average molecular weight is 256 g/mol. The first-order valence-electron chi connectivity index (χ1n) is 6.66. The summed E-state index contributed by atoms with van der Waals surface area (Å²) in [6.45, 7) is 2.17. The number of hydrogen-bond donors (Lipinski definition) is 1. The fourth-order valence-electron chi connectivity index (χ4n) is 2.73. The molecule has 1 heterocycles. The highest BCUT2D eigenvalue weighted by atomic mass is 19.1. The van der Waals surface area contributed by atoms with Crippen molar-refractivity contribution >= 4 is 5.69 Å². The maximum atomic E-state index is 12.7. The number of anilines is 1. The number of pyridine rings is 1. The van der Waals surface area contributed by atoms with E-state index in [4.69, 9.17) is 0 Å². The van der Waals surface area contributed by atoms with Gasteiger partial charge in [-0.2, -0.15) is 4.39 Å². The molecule has 0 atom stereocenters. The monoisotopic (exact) mass is 256 g/mol. The molecule has 1 aromatic heterocycles. The summed E-state index contributed by atoms with van der Waals surface area (Å²) >= 11 is 0. The summed E-state index contributed by atoms with van der Waals surface area (Å²) in [5, 5.41) is 3.40. The Hall–Kier alpha value is -1.90. The lowest BCUT2D eigenvalue weighted by Gasteiger charge is -2.37. The van der Waals surface area contributed by atoms with Crippen LogP contribution in [0.1, 0.15) is 29.9 Å². The molecule has 3 rings (SSSR count). The minimum absolute atomic E-state index is 0.433. The zero-order valence-corrected chi connectivity index (χ0v) is 10.9. The third-order valence-corrected chi connectivity index (χ3v) is 3.86. The van der Waals surface area contributed by atoms with E-state index < -0.39 is 5.95 Å². The Bertz CT molecular complexity index is 559. The van der Waals surface area contributed by atoms with Gasteiger partial charge in [0.2, 0.25) is 5.95 Å². The Labute approximate surface area is 112 Å². The smallest absolute Gasteiger partial charge is 0.212 e. The molecule has 0 aliphatic heterocycles. The molecule has 1 N–H and O–H groups in total. The van der Waals surface area contributed by atoms with Crippen LogP contribution in [0.5, 0.6) is 0 Å². The predicted molar refractivity (Wildman–Crippen MR) is 74.8 cm³/mol. The van der Waals surface area contributed by atoms with Gasteiger partial charge in [-0.25, -0.2) is 4.98 Å². The number of hydrogen-bond acceptors (Lipinski definition) is 2. The normalized spacial score (nSPS) is 21.8. The molecule has 1 aliphatic carbocycles. The van der Waals surface area contributed by atoms with Crippen LogP contribution in [-0.2, 0) is 0 Å². The van der Waals surface area contributed by atoms with Crippen molar-refractivity contribution in [3.63, 3.8) is 0 Å². The van der Waals surface area contributed by atoms with Crippen LogP contribution in [0.2, 0.25) is 0 Å². The standard InChI is InChI=1S/C16H17FN2/c1-11-4-2-3-5-15(11)12-8-14(9-12)19-13-6-7-16(17)18-10-13/h2-7,10,12,14,19H,8-9H2,1H3. The molecule has 0 unspecified atom stereocenters. The SMILES string of the molecule is Cc1ccccc1C1CC(Nc2ccc(F)nc2)C1. The van der Waals surface area contributed by atoms with Gasteiger partial charge in [0.25, 0.3) is 0 Å². The molecule has 0 radical (unpaired) electrons. The molecule has 19 heavy (non-hydrogen) atoms. The number of halogens is 1. The highest BCUT2D eigenvalue weighted by Gasteiger charge is 2.30. The van der Waals surface area contributed by atoms with E-state index in [1.807, 2.05) is 0 Å². The predicted octanol–water partition coefficient (Wildman–Crippen LogP) is 3.89. The zero-order chi connectivity index (χ0) is 13.2. The highest BCUT2D eigenvalue weighted by molar-refractivity contribution is 5.43. The summed E-state index contributed by atoms with van der Waals surface area (Å²) in [5.41, 5.74) is 3.72. The summed E-state index contributed by atoms with van der Waals surface area (Å²) in [7, 11) is 0. The second-order valence-electron chi connectivity index (χ2n) is 5.24. The summed E-state index contributed by atoms with van der Waals surface area (Å²) in [5.74, 6) is 0.212. The first-order chi connectivity index (χ1) is 9.22. The van der Waals surface area contributed by atoms with Crippen molar-refractivity contribution in [3.8, 4) is 0 Å². The molecular weight excluding hydrogens is 239 g/mol. The van der Waals surface area contributed by atoms with E-state index in [-0.39, 0.29) is 0 Å². The Morgan fingerprint density at radius 3 is 2.63 bits per heavy atom. The van der Waals surface area contributed by atoms with Crippen LogP contribution in [0, 0.1) is 12.9 Å². The molecule has 0 amide bonds. The van der Waals surface area contributed by atoms with Crippen molar-refractivity contribution in [3.05, 3.63) is 59.7 Å². The van der Waals surface area contributed by atoms with Gasteiger partial charge in [0, 0.05) is 6.04 Å². The van der Waals surface area contributed by atoms with Gasteiger partial charge in [-0.3, -0.25) is 0 Å². The number of nitrogens with zero attached hydrogens (tertiary/aromatic N) is 1. The van der Waals surface area contributed by atoms with Gasteiger partial charge < -0.3 is 5.32 Å². The molecule has 1 fully saturated rings. The van der Waals surface area contributed by atoms with Crippen molar-refractivity contribution < 1.29 is 4.39 Å². The van der Waals surface area contributed by atoms with E-state index >= 15 is 0 Å². The van der Waals surface area contributed by atoms with Gasteiger partial charge in [0.15, 0.2) is 0 Å². The average Bonchev–Trinajstić information content (AvgIpc) is 2.37. The summed E-state index contributed by atoms with van der Waals surface area (Å²) in [6, 6.07) is 12.2. The first-order valence-corrected chi connectivity index (χ1v) is 6.66. The van der Waals surface area contributed by atoms with Gasteiger partial charge in [-0.15, -0.1) is 0 Å². The van der Waals surface area contributed by atoms with E-state index in [0.717, 1.165) is 18.5 Å². The molecule has 0 spiro atoms. The topological polar surface area (TPSA) is 24.9 Å². The number of benzene rings is 1. The Morgan fingerprint density at radius 1 is 1.16 bits per heavy atom. The maximum absolute atomic E-state index is 12.7. The van der Waals surface area contributed by atoms with Crippen LogP contribution in [0.15, 0.2) is 42.6 Å². The van der Waals surface area contributed by atoms with Gasteiger partial charge in [0.05, 0.1) is 11.9 Å². The fourth-order valence-corrected chi connectivity index (χ4v) is 2.73. The van der Waals surface area contributed by atoms with E-state index in [2.05, 4.69) is 41.5 Å². The van der Waals surface area contributed by atoms with Crippen molar-refractivity contribution in [2.45, 2.75) is 31.7 Å². The van der Waals surface area contributed by atoms with Crippen LogP contribution in [0.4, 0.5) is 10.1 Å². The van der Waals surface area contributed by atoms with Crippen molar-refractivity contribution in [2.24, 2.45) is 0 Å². The lowest BCUT2D eigenvalue weighted by atomic mass is 9.74. The van der Waals surface area contributed by atoms with E-state index in [1.54, 1.807) is 12.3 Å². The lowest BCUT2D eigenvalue weighted by Crippen LogP contribution is -2.34. The minimum Gasteiger partial charge on any atom is -0.381 e. The highest BCUT2D eigenvalue weighted by Crippen LogP contribution is 2.39. The summed E-state index contributed by atoms with van der Waals surface area (Å²) < 4.78 is 12.7. The second-order valence-corrected chi connectivity index (χ2v) is 5.24. The second kappa shape index (κ2) is 5.00. The van der Waals surface area contributed by atoms with Crippen molar-refractivity contribution in [1.29, 1.82) is 0 Å². The third-order valence-electron chi connectivity index (χ3n) is 3.86. The minimum atomic E-state index is -0.433. The molecule has 0 saturated heterocycles. The molecule has 1 aromatic carbocycles. The van der Waals surface area contributed by atoms with E-state index in [1.165, 1.54) is 17.2 Å². The zero-order valence-electron chi connectivity index (χ0n) is 10.9. The van der Waals surface area contributed by atoms with Gasteiger partial charge in [-0.1, -0.05) is 24.3 Å². The van der Waals surface area contributed by atoms with Crippen molar-refractivity contribution in [1.82, 2.24) is 4.98 Å². The first kappa shape index (κ1) is 12.2. The largest absolute Gasteiger partial charge is 0.381 e. The van der Waals surface area contributed by atoms with Crippen LogP contribution >= 0.6 is 0 Å². The van der Waals surface area contributed by atoms with E-state index in [9.17, 15) is 4.39 Å². The van der Waals surface area contributed by atoms with Gasteiger partial charge in [0.1, 0.15) is 0 Å². The number of aryl methyl sites for hydroxylation is 1. The quantitative estimate of drug-likeness (QED) is 0.843. The molecule has 2 aromatic rings. The summed E-state index contributed by atoms with van der Waals surface area (Å²) in [4.78, 5) is 3.65. The van der Waals surface area contributed by atoms with Crippen LogP contribution in [0.3, 0.4) is 0 Å². The molecular formula is C16H17FN2. The Balaban J connectivity index is 1.58. The number of aromatic nitrogens is 1. The number of rotatable bonds is 3. The maximum Gasteiger partial charge on any atom is 0.212 e. The molecule has 3 heteroatoms. The molecule has 1 saturated carbocycles. The van der Waals surface area contributed by atoms with Crippen LogP contribution in [-0.4, -0.2) is 11.0 Å². The fraction of sp³-hybridized carbons (Fsp3) is 0.312. The number of nitrogens with one attached hydrogen (secondary N) is 1. The summed E-state index contributed by atoms with van der Waals surface area (Å²) in [6.07, 6.45) is 3.81. The van der Waals surface area contributed by atoms with Crippen LogP contribution < -0.4 is 5.32 Å². The van der Waals surface area contributed by atoms with Gasteiger partial charge in [-0.05, 0) is 48.9 Å². The molecule has 2 nitrogen and oxygen atoms in total. The Morgan fingerprint density at radius 2 is 1.95 bits per heavy atom. The molecule has 0 bridgehead atoms. The molecule has 98 valence electrons. The van der Waals surface area contributed by atoms with Crippen LogP contribution in [0.25, 0.3) is 0 Å².